The van der Waals surface area contributed by atoms with E-state index < -0.39 is 8.03 Å². The predicted octanol–water partition coefficient (Wildman–Crippen LogP) is 2.01. The van der Waals surface area contributed by atoms with Crippen molar-refractivity contribution in [3.8, 4) is 0 Å². The third-order valence-electron chi connectivity index (χ3n) is 1.95. The second-order valence-corrected chi connectivity index (χ2v) is 4.35. The van der Waals surface area contributed by atoms with Gasteiger partial charge in [0.2, 0.25) is 0 Å². The molecule has 0 amide bonds. The minimum Gasteiger partial charge on any atom is -0.371 e. The van der Waals surface area contributed by atoms with Crippen molar-refractivity contribution in [3.05, 3.63) is 24.8 Å². The molecule has 13 heavy (non-hydrogen) atoms. The fourth-order valence-electron chi connectivity index (χ4n) is 1.29. The SMILES string of the molecule is [B]P(C)OC1C(=C)CCO[C@@H]1C=C. The molecule has 0 aromatic carbocycles. The summed E-state index contributed by atoms with van der Waals surface area (Å²) in [6.45, 7) is 10.2. The minimum atomic E-state index is -0.871. The molecule has 1 aliphatic heterocycles. The van der Waals surface area contributed by atoms with Crippen LogP contribution in [0.3, 0.4) is 0 Å². The van der Waals surface area contributed by atoms with E-state index in [0.717, 1.165) is 12.0 Å². The molecule has 2 nitrogen and oxygen atoms in total. The molecule has 1 saturated heterocycles. The van der Waals surface area contributed by atoms with Gasteiger partial charge in [0.15, 0.2) is 0 Å². The van der Waals surface area contributed by atoms with Gasteiger partial charge in [-0.3, -0.25) is 0 Å². The molecule has 4 heteroatoms. The summed E-state index contributed by atoms with van der Waals surface area (Å²) in [5.74, 6) is 0. The van der Waals surface area contributed by atoms with E-state index in [-0.39, 0.29) is 12.2 Å². The van der Waals surface area contributed by atoms with Crippen LogP contribution in [0.15, 0.2) is 24.8 Å². The normalized spacial score (nSPS) is 31.3. The van der Waals surface area contributed by atoms with Gasteiger partial charge in [-0.25, -0.2) is 0 Å². The molecule has 2 radical (unpaired) electrons. The van der Waals surface area contributed by atoms with Gasteiger partial charge in [0.05, 0.1) is 6.61 Å². The van der Waals surface area contributed by atoms with Crippen molar-refractivity contribution in [2.24, 2.45) is 0 Å². The van der Waals surface area contributed by atoms with Gasteiger partial charge in [0.25, 0.3) is 0 Å². The van der Waals surface area contributed by atoms with E-state index in [9.17, 15) is 0 Å². The average molecular weight is 196 g/mol. The standard InChI is InChI=1S/C9H14BO2P/c1-4-8-9(12-13(3)10)7(2)5-6-11-8/h4,8-9H,1-2,5-6H2,3H3/t8-,9?,13?/m1/s1. The Morgan fingerprint density at radius 1 is 1.77 bits per heavy atom. The maximum atomic E-state index is 5.61. The first-order valence-electron chi connectivity index (χ1n) is 4.22. The van der Waals surface area contributed by atoms with Gasteiger partial charge in [0.1, 0.15) is 19.8 Å². The maximum absolute atomic E-state index is 5.61. The van der Waals surface area contributed by atoms with Crippen molar-refractivity contribution < 1.29 is 9.26 Å². The monoisotopic (exact) mass is 196 g/mol. The Morgan fingerprint density at radius 2 is 2.46 bits per heavy atom. The van der Waals surface area contributed by atoms with E-state index in [1.807, 2.05) is 6.66 Å². The van der Waals surface area contributed by atoms with Crippen molar-refractivity contribution >= 4 is 15.6 Å². The smallest absolute Gasteiger partial charge is 0.148 e. The van der Waals surface area contributed by atoms with Gasteiger partial charge in [-0.2, -0.15) is 0 Å². The molecular formula is C9H14BO2P. The molecular weight excluding hydrogens is 182 g/mol. The van der Waals surface area contributed by atoms with Crippen molar-refractivity contribution in [1.82, 2.24) is 0 Å². The van der Waals surface area contributed by atoms with E-state index in [0.29, 0.717) is 6.61 Å². The van der Waals surface area contributed by atoms with E-state index in [4.69, 9.17) is 16.8 Å². The second kappa shape index (κ2) is 4.95. The fraction of sp³-hybridized carbons (Fsp3) is 0.556. The van der Waals surface area contributed by atoms with Gasteiger partial charge in [-0.15, -0.1) is 6.58 Å². The summed E-state index contributed by atoms with van der Waals surface area (Å²) < 4.78 is 11.0. The van der Waals surface area contributed by atoms with Gasteiger partial charge in [0, 0.05) is 0 Å². The van der Waals surface area contributed by atoms with E-state index in [2.05, 4.69) is 13.2 Å². The van der Waals surface area contributed by atoms with Gasteiger partial charge < -0.3 is 9.26 Å². The largest absolute Gasteiger partial charge is 0.371 e. The molecule has 0 saturated carbocycles. The molecule has 0 aromatic rings. The van der Waals surface area contributed by atoms with Crippen LogP contribution in [0.2, 0.25) is 0 Å². The Morgan fingerprint density at radius 3 is 3.00 bits per heavy atom. The molecule has 1 aliphatic rings. The van der Waals surface area contributed by atoms with Crippen LogP contribution in [0.4, 0.5) is 0 Å². The van der Waals surface area contributed by atoms with Crippen LogP contribution in [0, 0.1) is 0 Å². The molecule has 3 atom stereocenters. The van der Waals surface area contributed by atoms with Crippen LogP contribution >= 0.6 is 8.03 Å². The highest BCUT2D eigenvalue weighted by Gasteiger charge is 2.27. The first-order chi connectivity index (χ1) is 6.15. The zero-order valence-electron chi connectivity index (χ0n) is 7.90. The molecule has 0 spiro atoms. The highest BCUT2D eigenvalue weighted by atomic mass is 31.1. The molecule has 2 unspecified atom stereocenters. The van der Waals surface area contributed by atoms with Crippen LogP contribution in [-0.2, 0) is 9.26 Å². The maximum Gasteiger partial charge on any atom is 0.148 e. The van der Waals surface area contributed by atoms with Crippen molar-refractivity contribution in [1.29, 1.82) is 0 Å². The lowest BCUT2D eigenvalue weighted by atomic mass is 10.0. The molecule has 70 valence electrons. The zero-order valence-corrected chi connectivity index (χ0v) is 8.80. The lowest BCUT2D eigenvalue weighted by molar-refractivity contribution is -0.00152. The summed E-state index contributed by atoms with van der Waals surface area (Å²) in [5.41, 5.74) is 1.05. The Labute approximate surface area is 82.2 Å². The molecule has 1 heterocycles. The summed E-state index contributed by atoms with van der Waals surface area (Å²) in [5, 5.41) is 0. The summed E-state index contributed by atoms with van der Waals surface area (Å²) in [6, 6.07) is 0. The van der Waals surface area contributed by atoms with Crippen molar-refractivity contribution in [2.45, 2.75) is 18.6 Å². The first-order valence-corrected chi connectivity index (χ1v) is 5.99. The Balaban J connectivity index is 2.62. The van der Waals surface area contributed by atoms with Crippen LogP contribution in [-0.4, -0.2) is 33.0 Å². The first kappa shape index (κ1) is 11.0. The second-order valence-electron chi connectivity index (χ2n) is 3.05. The quantitative estimate of drug-likeness (QED) is 0.390. The number of ether oxygens (including phenoxy) is 1. The van der Waals surface area contributed by atoms with Crippen LogP contribution in [0.5, 0.6) is 0 Å². The highest BCUT2D eigenvalue weighted by molar-refractivity contribution is 7.77. The number of hydrogen-bond donors (Lipinski definition) is 0. The summed E-state index contributed by atoms with van der Waals surface area (Å²) in [6.07, 6.45) is 2.40. The lowest BCUT2D eigenvalue weighted by Crippen LogP contribution is -2.35. The van der Waals surface area contributed by atoms with Gasteiger partial charge >= 0.3 is 0 Å². The summed E-state index contributed by atoms with van der Waals surface area (Å²) >= 11 is 0. The van der Waals surface area contributed by atoms with Gasteiger partial charge in [-0.1, -0.05) is 12.7 Å². The minimum absolute atomic E-state index is 0.0882. The van der Waals surface area contributed by atoms with Crippen LogP contribution < -0.4 is 0 Å². The Hall–Kier alpha value is -0.105. The van der Waals surface area contributed by atoms with Gasteiger partial charge in [-0.05, 0) is 26.7 Å². The van der Waals surface area contributed by atoms with E-state index >= 15 is 0 Å². The van der Waals surface area contributed by atoms with Crippen LogP contribution in [0.1, 0.15) is 6.42 Å². The molecule has 1 rings (SSSR count). The lowest BCUT2D eigenvalue weighted by Gasteiger charge is -2.32. The molecule has 0 N–H and O–H groups in total. The topological polar surface area (TPSA) is 18.5 Å². The zero-order chi connectivity index (χ0) is 9.84. The molecule has 1 fully saturated rings. The average Bonchev–Trinajstić information content (AvgIpc) is 2.08. The third-order valence-corrected chi connectivity index (χ3v) is 2.51. The highest BCUT2D eigenvalue weighted by Crippen LogP contribution is 2.34. The Kier molecular flexibility index (Phi) is 4.18. The number of hydrogen-bond acceptors (Lipinski definition) is 2. The predicted molar refractivity (Wildman–Crippen MR) is 57.2 cm³/mol. The molecule has 0 aromatic heterocycles. The van der Waals surface area contributed by atoms with Crippen LogP contribution in [0.25, 0.3) is 0 Å². The number of rotatable bonds is 3. The molecule has 0 aliphatic carbocycles. The van der Waals surface area contributed by atoms with Crippen molar-refractivity contribution in [2.75, 3.05) is 13.3 Å². The summed E-state index contributed by atoms with van der Waals surface area (Å²) in [7, 11) is 4.74. The van der Waals surface area contributed by atoms with Crippen molar-refractivity contribution in [3.63, 3.8) is 0 Å². The van der Waals surface area contributed by atoms with E-state index in [1.165, 1.54) is 0 Å². The molecule has 0 bridgehead atoms. The summed E-state index contributed by atoms with van der Waals surface area (Å²) in [4.78, 5) is 0. The third kappa shape index (κ3) is 2.94. The van der Waals surface area contributed by atoms with E-state index in [1.54, 1.807) is 6.08 Å². The Bertz CT molecular complexity index is 206. The fourth-order valence-corrected chi connectivity index (χ4v) is 1.92.